The van der Waals surface area contributed by atoms with E-state index in [0.29, 0.717) is 16.3 Å². The summed E-state index contributed by atoms with van der Waals surface area (Å²) >= 11 is 0.911. The van der Waals surface area contributed by atoms with Crippen molar-refractivity contribution in [1.82, 2.24) is 0 Å². The van der Waals surface area contributed by atoms with Crippen LogP contribution in [0.4, 0.5) is 11.4 Å². The molecule has 3 N–H and O–H groups in total. The van der Waals surface area contributed by atoms with E-state index >= 15 is 0 Å². The molecule has 0 aliphatic rings. The van der Waals surface area contributed by atoms with E-state index in [-0.39, 0.29) is 16.7 Å². The van der Waals surface area contributed by atoms with Gasteiger partial charge in [0.25, 0.3) is 5.91 Å². The van der Waals surface area contributed by atoms with E-state index in [4.69, 9.17) is 5.11 Å². The molecule has 1 heterocycles. The van der Waals surface area contributed by atoms with Crippen LogP contribution < -0.4 is 10.6 Å². The molecule has 0 spiro atoms. The van der Waals surface area contributed by atoms with Gasteiger partial charge in [-0.3, -0.25) is 9.59 Å². The van der Waals surface area contributed by atoms with Crippen LogP contribution in [0.2, 0.25) is 0 Å². The molecule has 0 radical (unpaired) electrons. The second kappa shape index (κ2) is 7.06. The Bertz CT molecular complexity index is 834. The summed E-state index contributed by atoms with van der Waals surface area (Å²) in [6.45, 7) is 7.28. The number of rotatable bonds is 4. The van der Waals surface area contributed by atoms with Gasteiger partial charge < -0.3 is 15.7 Å². The second-order valence-electron chi connectivity index (χ2n) is 6.66. The third-order valence-corrected chi connectivity index (χ3v) is 4.54. The van der Waals surface area contributed by atoms with Crippen LogP contribution in [0, 0.1) is 12.3 Å². The Morgan fingerprint density at radius 3 is 2.20 bits per heavy atom. The molecule has 2 aromatic rings. The van der Waals surface area contributed by atoms with Crippen LogP contribution in [0.3, 0.4) is 0 Å². The molecule has 0 atom stereocenters. The molecule has 0 bridgehead atoms. The number of amides is 2. The highest BCUT2D eigenvalue weighted by Gasteiger charge is 2.21. The van der Waals surface area contributed by atoms with Gasteiger partial charge in [0.1, 0.15) is 4.88 Å². The van der Waals surface area contributed by atoms with Crippen molar-refractivity contribution < 1.29 is 19.5 Å². The molecular weight excluding hydrogens is 340 g/mol. The van der Waals surface area contributed by atoms with Crippen LogP contribution in [-0.2, 0) is 4.79 Å². The molecule has 1 aromatic carbocycles. The number of hydrogen-bond acceptors (Lipinski definition) is 4. The maximum atomic E-state index is 12.3. The number of benzene rings is 1. The van der Waals surface area contributed by atoms with Crippen LogP contribution in [0.15, 0.2) is 30.3 Å². The summed E-state index contributed by atoms with van der Waals surface area (Å²) in [5.74, 6) is -1.58. The molecule has 25 heavy (non-hydrogen) atoms. The number of carboxylic acids is 1. The van der Waals surface area contributed by atoms with Gasteiger partial charge in [0.2, 0.25) is 5.91 Å². The summed E-state index contributed by atoms with van der Waals surface area (Å²) in [5, 5.41) is 14.5. The monoisotopic (exact) mass is 360 g/mol. The average molecular weight is 360 g/mol. The Balaban J connectivity index is 2.18. The quantitative estimate of drug-likeness (QED) is 0.768. The lowest BCUT2D eigenvalue weighted by atomic mass is 9.95. The fourth-order valence-corrected chi connectivity index (χ4v) is 2.65. The first-order chi connectivity index (χ1) is 11.6. The molecule has 2 amide bonds. The lowest BCUT2D eigenvalue weighted by Crippen LogP contribution is -2.27. The first-order valence-electron chi connectivity index (χ1n) is 7.64. The molecule has 0 aliphatic carbocycles. The second-order valence-corrected chi connectivity index (χ2v) is 7.74. The molecule has 2 rings (SSSR count). The Hall–Kier alpha value is -2.67. The minimum absolute atomic E-state index is 0.105. The normalized spacial score (nSPS) is 11.0. The maximum absolute atomic E-state index is 12.3. The van der Waals surface area contributed by atoms with Gasteiger partial charge in [-0.25, -0.2) is 4.79 Å². The fourth-order valence-electron chi connectivity index (χ4n) is 1.91. The minimum Gasteiger partial charge on any atom is -0.477 e. The lowest BCUT2D eigenvalue weighted by molar-refractivity contribution is -0.123. The van der Waals surface area contributed by atoms with Crippen molar-refractivity contribution in [2.24, 2.45) is 5.41 Å². The standard InChI is InChI=1S/C18H20N2O4S/c1-10-5-6-11(19-17(24)18(2,3)4)9-12(10)20-15(21)13-7-8-14(25-13)16(22)23/h5-9H,1-4H3,(H,19,24)(H,20,21)(H,22,23). The van der Waals surface area contributed by atoms with Gasteiger partial charge in [0, 0.05) is 16.8 Å². The van der Waals surface area contributed by atoms with E-state index in [9.17, 15) is 14.4 Å². The Morgan fingerprint density at radius 1 is 1.00 bits per heavy atom. The summed E-state index contributed by atoms with van der Waals surface area (Å²) in [6, 6.07) is 8.12. The molecule has 0 saturated carbocycles. The minimum atomic E-state index is -1.06. The number of thiophene rings is 1. The zero-order valence-electron chi connectivity index (χ0n) is 14.5. The molecule has 0 saturated heterocycles. The highest BCUT2D eigenvalue weighted by Crippen LogP contribution is 2.24. The van der Waals surface area contributed by atoms with Crippen LogP contribution in [0.1, 0.15) is 45.7 Å². The average Bonchev–Trinajstić information content (AvgIpc) is 3.00. The van der Waals surface area contributed by atoms with Crippen LogP contribution in [0.25, 0.3) is 0 Å². The van der Waals surface area contributed by atoms with Crippen molar-refractivity contribution in [2.45, 2.75) is 27.7 Å². The van der Waals surface area contributed by atoms with E-state index in [0.717, 1.165) is 16.9 Å². The third kappa shape index (κ3) is 4.67. The molecule has 0 fully saturated rings. The van der Waals surface area contributed by atoms with Gasteiger partial charge in [-0.2, -0.15) is 0 Å². The Morgan fingerprint density at radius 2 is 1.64 bits per heavy atom. The summed E-state index contributed by atoms with van der Waals surface area (Å²) in [4.78, 5) is 35.7. The summed E-state index contributed by atoms with van der Waals surface area (Å²) in [5.41, 5.74) is 1.44. The number of carbonyl (C=O) groups is 3. The predicted octanol–water partition coefficient (Wildman–Crippen LogP) is 3.99. The molecule has 132 valence electrons. The first-order valence-corrected chi connectivity index (χ1v) is 8.46. The SMILES string of the molecule is Cc1ccc(NC(=O)C(C)(C)C)cc1NC(=O)c1ccc(C(=O)O)s1. The number of aryl methyl sites for hydroxylation is 1. The molecule has 1 aromatic heterocycles. The van der Waals surface area contributed by atoms with Crippen LogP contribution in [-0.4, -0.2) is 22.9 Å². The third-order valence-electron chi connectivity index (χ3n) is 3.47. The van der Waals surface area contributed by atoms with Gasteiger partial charge in [0.15, 0.2) is 0 Å². The smallest absolute Gasteiger partial charge is 0.345 e. The maximum Gasteiger partial charge on any atom is 0.345 e. The zero-order chi connectivity index (χ0) is 18.8. The largest absolute Gasteiger partial charge is 0.477 e. The Labute approximate surface area is 149 Å². The first kappa shape index (κ1) is 18.7. The van der Waals surface area contributed by atoms with Crippen LogP contribution >= 0.6 is 11.3 Å². The van der Waals surface area contributed by atoms with Crippen molar-refractivity contribution in [3.8, 4) is 0 Å². The van der Waals surface area contributed by atoms with E-state index in [2.05, 4.69) is 10.6 Å². The lowest BCUT2D eigenvalue weighted by Gasteiger charge is -2.18. The zero-order valence-corrected chi connectivity index (χ0v) is 15.3. The summed E-state index contributed by atoms with van der Waals surface area (Å²) in [6.07, 6.45) is 0. The summed E-state index contributed by atoms with van der Waals surface area (Å²) in [7, 11) is 0. The van der Waals surface area contributed by atoms with Crippen molar-refractivity contribution in [1.29, 1.82) is 0 Å². The van der Waals surface area contributed by atoms with Crippen molar-refractivity contribution in [2.75, 3.05) is 10.6 Å². The van der Waals surface area contributed by atoms with Crippen LogP contribution in [0.5, 0.6) is 0 Å². The Kier molecular flexibility index (Phi) is 5.27. The van der Waals surface area contributed by atoms with Crippen molar-refractivity contribution in [3.63, 3.8) is 0 Å². The van der Waals surface area contributed by atoms with E-state index in [1.165, 1.54) is 12.1 Å². The summed E-state index contributed by atoms with van der Waals surface area (Å²) < 4.78 is 0. The predicted molar refractivity (Wildman–Crippen MR) is 98.5 cm³/mol. The molecule has 0 aliphatic heterocycles. The number of hydrogen-bond donors (Lipinski definition) is 3. The van der Waals surface area contributed by atoms with E-state index < -0.39 is 11.4 Å². The highest BCUT2D eigenvalue weighted by atomic mass is 32.1. The number of carbonyl (C=O) groups excluding carboxylic acids is 2. The van der Waals surface area contributed by atoms with Gasteiger partial charge >= 0.3 is 5.97 Å². The topological polar surface area (TPSA) is 95.5 Å². The molecule has 0 unspecified atom stereocenters. The highest BCUT2D eigenvalue weighted by molar-refractivity contribution is 7.15. The van der Waals surface area contributed by atoms with Gasteiger partial charge in [-0.05, 0) is 36.8 Å². The number of anilines is 2. The molecular formula is C18H20N2O4S. The molecule has 6 nitrogen and oxygen atoms in total. The van der Waals surface area contributed by atoms with Gasteiger partial charge in [-0.1, -0.05) is 26.8 Å². The van der Waals surface area contributed by atoms with Crippen molar-refractivity contribution in [3.05, 3.63) is 45.6 Å². The number of nitrogens with one attached hydrogen (secondary N) is 2. The number of carboxylic acid groups (broad SMARTS) is 1. The van der Waals surface area contributed by atoms with E-state index in [1.807, 2.05) is 27.7 Å². The molecule has 7 heteroatoms. The fraction of sp³-hybridized carbons (Fsp3) is 0.278. The van der Waals surface area contributed by atoms with Gasteiger partial charge in [0.05, 0.1) is 4.88 Å². The van der Waals surface area contributed by atoms with Crippen molar-refractivity contribution >= 4 is 40.5 Å². The van der Waals surface area contributed by atoms with E-state index in [1.54, 1.807) is 18.2 Å². The number of aromatic carboxylic acids is 1. The van der Waals surface area contributed by atoms with Gasteiger partial charge in [-0.15, -0.1) is 11.3 Å².